The molecule has 0 bridgehead atoms. The second-order valence-corrected chi connectivity index (χ2v) is 3.76. The Hall–Kier alpha value is -1.30. The van der Waals surface area contributed by atoms with Gasteiger partial charge in [0.15, 0.2) is 0 Å². The summed E-state index contributed by atoms with van der Waals surface area (Å²) in [6, 6.07) is 10.7. The van der Waals surface area contributed by atoms with Gasteiger partial charge in [0.25, 0.3) is 0 Å². The van der Waals surface area contributed by atoms with Crippen LogP contribution in [-0.4, -0.2) is 0 Å². The lowest BCUT2D eigenvalue weighted by atomic mass is 10.1. The summed E-state index contributed by atoms with van der Waals surface area (Å²) in [6.45, 7) is 0. The molecule has 72 valence electrons. The van der Waals surface area contributed by atoms with Crippen LogP contribution >= 0.6 is 0 Å². The summed E-state index contributed by atoms with van der Waals surface area (Å²) in [6.07, 6.45) is 11.6. The number of aryl methyl sites for hydroxylation is 1. The fraction of sp³-hybridized carbons (Fsp3) is 0.286. The van der Waals surface area contributed by atoms with E-state index >= 15 is 0 Å². The quantitative estimate of drug-likeness (QED) is 0.665. The summed E-state index contributed by atoms with van der Waals surface area (Å²) in [5, 5.41) is 0. The Labute approximate surface area is 86.0 Å². The SMILES string of the molecule is C1=CC(CCCc2ccccc2)=CC1. The zero-order chi connectivity index (χ0) is 9.64. The molecule has 1 aliphatic carbocycles. The number of benzene rings is 1. The highest BCUT2D eigenvalue weighted by Crippen LogP contribution is 2.16. The van der Waals surface area contributed by atoms with Crippen LogP contribution < -0.4 is 0 Å². The lowest BCUT2D eigenvalue weighted by Crippen LogP contribution is -1.85. The van der Waals surface area contributed by atoms with Crippen LogP contribution in [0, 0.1) is 0 Å². The number of rotatable bonds is 4. The highest BCUT2D eigenvalue weighted by atomic mass is 14.0. The van der Waals surface area contributed by atoms with Crippen molar-refractivity contribution in [3.8, 4) is 0 Å². The van der Waals surface area contributed by atoms with Gasteiger partial charge in [-0.15, -0.1) is 0 Å². The van der Waals surface area contributed by atoms with Gasteiger partial charge >= 0.3 is 0 Å². The zero-order valence-electron chi connectivity index (χ0n) is 8.45. The largest absolute Gasteiger partial charge is 0.0805 e. The molecule has 0 amide bonds. The highest BCUT2D eigenvalue weighted by Gasteiger charge is 1.98. The molecule has 0 nitrogen and oxygen atoms in total. The topological polar surface area (TPSA) is 0 Å². The summed E-state index contributed by atoms with van der Waals surface area (Å²) in [5.41, 5.74) is 2.97. The van der Waals surface area contributed by atoms with E-state index in [4.69, 9.17) is 0 Å². The summed E-state index contributed by atoms with van der Waals surface area (Å²) in [7, 11) is 0. The molecule has 0 heterocycles. The maximum absolute atomic E-state index is 2.32. The summed E-state index contributed by atoms with van der Waals surface area (Å²) < 4.78 is 0. The average molecular weight is 184 g/mol. The second-order valence-electron chi connectivity index (χ2n) is 3.76. The van der Waals surface area contributed by atoms with E-state index in [1.165, 1.54) is 30.4 Å². The van der Waals surface area contributed by atoms with Crippen LogP contribution in [0.3, 0.4) is 0 Å². The first-order valence-electron chi connectivity index (χ1n) is 5.34. The first-order valence-corrected chi connectivity index (χ1v) is 5.34. The Morgan fingerprint density at radius 1 is 1.00 bits per heavy atom. The van der Waals surface area contributed by atoms with Crippen molar-refractivity contribution in [2.45, 2.75) is 25.7 Å². The van der Waals surface area contributed by atoms with Crippen LogP contribution in [-0.2, 0) is 6.42 Å². The third-order valence-corrected chi connectivity index (χ3v) is 2.62. The molecule has 0 saturated heterocycles. The van der Waals surface area contributed by atoms with E-state index in [0.717, 1.165) is 6.42 Å². The molecule has 0 aromatic heterocycles. The standard InChI is InChI=1S/C14H16/c1-2-7-13(8-3-1)11-6-12-14-9-4-5-10-14/h1-4,7-10H,5-6,11-12H2. The van der Waals surface area contributed by atoms with Crippen LogP contribution in [0.25, 0.3) is 0 Å². The van der Waals surface area contributed by atoms with Crippen molar-refractivity contribution < 1.29 is 0 Å². The van der Waals surface area contributed by atoms with Crippen molar-refractivity contribution in [1.82, 2.24) is 0 Å². The molecule has 0 aliphatic heterocycles. The fourth-order valence-electron chi connectivity index (χ4n) is 1.83. The molecule has 0 fully saturated rings. The van der Waals surface area contributed by atoms with Gasteiger partial charge in [-0.05, 0) is 31.2 Å². The van der Waals surface area contributed by atoms with Gasteiger partial charge in [-0.2, -0.15) is 0 Å². The Bertz CT molecular complexity index is 330. The number of hydrogen-bond donors (Lipinski definition) is 0. The van der Waals surface area contributed by atoms with Gasteiger partial charge in [0.1, 0.15) is 0 Å². The van der Waals surface area contributed by atoms with Crippen molar-refractivity contribution in [3.05, 3.63) is 59.7 Å². The maximum Gasteiger partial charge on any atom is -0.0160 e. The van der Waals surface area contributed by atoms with Crippen molar-refractivity contribution in [2.75, 3.05) is 0 Å². The molecule has 0 unspecified atom stereocenters. The Morgan fingerprint density at radius 2 is 1.86 bits per heavy atom. The lowest BCUT2D eigenvalue weighted by Gasteiger charge is -2.00. The molecule has 14 heavy (non-hydrogen) atoms. The molecule has 1 aromatic carbocycles. The van der Waals surface area contributed by atoms with Crippen molar-refractivity contribution in [3.63, 3.8) is 0 Å². The van der Waals surface area contributed by atoms with E-state index < -0.39 is 0 Å². The fourth-order valence-corrected chi connectivity index (χ4v) is 1.83. The molecule has 0 atom stereocenters. The summed E-state index contributed by atoms with van der Waals surface area (Å²) in [5.74, 6) is 0. The monoisotopic (exact) mass is 184 g/mol. The van der Waals surface area contributed by atoms with E-state index in [0.29, 0.717) is 0 Å². The van der Waals surface area contributed by atoms with Gasteiger partial charge in [-0.25, -0.2) is 0 Å². The van der Waals surface area contributed by atoms with Gasteiger partial charge in [0, 0.05) is 0 Å². The normalized spacial score (nSPS) is 14.4. The van der Waals surface area contributed by atoms with Gasteiger partial charge in [0.05, 0.1) is 0 Å². The molecule has 0 spiro atoms. The molecular weight excluding hydrogens is 168 g/mol. The predicted octanol–water partition coefficient (Wildman–Crippen LogP) is 3.90. The van der Waals surface area contributed by atoms with Crippen LogP contribution in [0.4, 0.5) is 0 Å². The third kappa shape index (κ3) is 2.59. The molecule has 0 heteroatoms. The number of allylic oxidation sites excluding steroid dienone is 4. The second kappa shape index (κ2) is 4.80. The van der Waals surface area contributed by atoms with Gasteiger partial charge in [0.2, 0.25) is 0 Å². The Morgan fingerprint density at radius 3 is 2.57 bits per heavy atom. The Balaban J connectivity index is 1.76. The van der Waals surface area contributed by atoms with E-state index in [1.807, 2.05) is 0 Å². The van der Waals surface area contributed by atoms with Crippen molar-refractivity contribution in [2.24, 2.45) is 0 Å². The minimum Gasteiger partial charge on any atom is -0.0805 e. The average Bonchev–Trinajstić information content (AvgIpc) is 2.72. The molecule has 0 saturated carbocycles. The minimum atomic E-state index is 1.14. The van der Waals surface area contributed by atoms with Crippen LogP contribution in [0.2, 0.25) is 0 Å². The van der Waals surface area contributed by atoms with Crippen LogP contribution in [0.5, 0.6) is 0 Å². The maximum atomic E-state index is 2.32. The summed E-state index contributed by atoms with van der Waals surface area (Å²) >= 11 is 0. The molecule has 0 radical (unpaired) electrons. The predicted molar refractivity (Wildman–Crippen MR) is 61.2 cm³/mol. The first kappa shape index (κ1) is 9.26. The van der Waals surface area contributed by atoms with E-state index in [2.05, 4.69) is 48.6 Å². The smallest absolute Gasteiger partial charge is 0.0160 e. The number of hydrogen-bond acceptors (Lipinski definition) is 0. The first-order chi connectivity index (χ1) is 6.95. The molecule has 1 aromatic rings. The van der Waals surface area contributed by atoms with E-state index in [-0.39, 0.29) is 0 Å². The zero-order valence-corrected chi connectivity index (χ0v) is 8.45. The molecule has 1 aliphatic rings. The Kier molecular flexibility index (Phi) is 3.18. The van der Waals surface area contributed by atoms with Gasteiger partial charge < -0.3 is 0 Å². The van der Waals surface area contributed by atoms with Gasteiger partial charge in [-0.1, -0.05) is 54.1 Å². The van der Waals surface area contributed by atoms with Crippen LogP contribution in [0.15, 0.2) is 54.1 Å². The van der Waals surface area contributed by atoms with Gasteiger partial charge in [-0.3, -0.25) is 0 Å². The van der Waals surface area contributed by atoms with Crippen molar-refractivity contribution in [1.29, 1.82) is 0 Å². The van der Waals surface area contributed by atoms with E-state index in [1.54, 1.807) is 0 Å². The van der Waals surface area contributed by atoms with Crippen LogP contribution in [0.1, 0.15) is 24.8 Å². The third-order valence-electron chi connectivity index (χ3n) is 2.62. The lowest BCUT2D eigenvalue weighted by molar-refractivity contribution is 0.824. The minimum absolute atomic E-state index is 1.14. The molecular formula is C14H16. The van der Waals surface area contributed by atoms with E-state index in [9.17, 15) is 0 Å². The molecule has 0 N–H and O–H groups in total. The molecule has 2 rings (SSSR count). The van der Waals surface area contributed by atoms with Crippen molar-refractivity contribution >= 4 is 0 Å². The summed E-state index contributed by atoms with van der Waals surface area (Å²) in [4.78, 5) is 0. The highest BCUT2D eigenvalue weighted by molar-refractivity contribution is 5.26.